The van der Waals surface area contributed by atoms with E-state index in [1.54, 1.807) is 11.8 Å². The molecule has 2 N–H and O–H groups in total. The second kappa shape index (κ2) is 10.9. The molecule has 1 aromatic rings. The number of likely N-dealkylation sites (tertiary alicyclic amines) is 1. The summed E-state index contributed by atoms with van der Waals surface area (Å²) in [5.74, 6) is -1.08. The maximum atomic E-state index is 13.3. The van der Waals surface area contributed by atoms with Crippen LogP contribution in [0.3, 0.4) is 0 Å². The van der Waals surface area contributed by atoms with Crippen molar-refractivity contribution in [2.24, 2.45) is 11.8 Å². The summed E-state index contributed by atoms with van der Waals surface area (Å²) in [4.78, 5) is 39.5. The lowest BCUT2D eigenvalue weighted by atomic mass is 10.0. The van der Waals surface area contributed by atoms with E-state index in [-0.39, 0.29) is 29.8 Å². The molecule has 7 heteroatoms. The molecular weight excluding hydrogens is 408 g/mol. The van der Waals surface area contributed by atoms with Gasteiger partial charge in [-0.05, 0) is 56.4 Å². The smallest absolute Gasteiger partial charge is 0.326 e. The van der Waals surface area contributed by atoms with E-state index in [4.69, 9.17) is 4.74 Å². The van der Waals surface area contributed by atoms with Crippen LogP contribution in [0.15, 0.2) is 30.3 Å². The van der Waals surface area contributed by atoms with Crippen LogP contribution in [-0.4, -0.2) is 58.6 Å². The van der Waals surface area contributed by atoms with Crippen molar-refractivity contribution >= 4 is 17.8 Å². The molecule has 3 rings (SSSR count). The van der Waals surface area contributed by atoms with Gasteiger partial charge >= 0.3 is 11.9 Å². The van der Waals surface area contributed by atoms with E-state index in [1.165, 1.54) is 0 Å². The van der Waals surface area contributed by atoms with Gasteiger partial charge in [-0.3, -0.25) is 14.9 Å². The molecule has 1 saturated carbocycles. The number of aryl methyl sites for hydroxylation is 1. The van der Waals surface area contributed by atoms with Gasteiger partial charge in [0.05, 0.1) is 12.6 Å². The number of nitrogens with zero attached hydrogens (tertiary/aromatic N) is 1. The molecular formula is C25H36N2O5. The van der Waals surface area contributed by atoms with E-state index >= 15 is 0 Å². The van der Waals surface area contributed by atoms with E-state index < -0.39 is 24.1 Å². The molecule has 0 unspecified atom stereocenters. The Labute approximate surface area is 190 Å². The number of carboxylic acids is 1. The molecule has 176 valence electrons. The average Bonchev–Trinajstić information content (AvgIpc) is 3.36. The van der Waals surface area contributed by atoms with Gasteiger partial charge in [-0.1, -0.05) is 50.6 Å². The topological polar surface area (TPSA) is 95.9 Å². The Morgan fingerprint density at radius 3 is 2.53 bits per heavy atom. The fourth-order valence-corrected chi connectivity index (χ4v) is 5.00. The highest BCUT2D eigenvalue weighted by molar-refractivity contribution is 5.88. The average molecular weight is 445 g/mol. The number of carboxylic acid groups (broad SMARTS) is 1. The van der Waals surface area contributed by atoms with Crippen molar-refractivity contribution in [3.8, 4) is 0 Å². The van der Waals surface area contributed by atoms with Crippen molar-refractivity contribution in [2.45, 2.75) is 83.5 Å². The summed E-state index contributed by atoms with van der Waals surface area (Å²) in [5, 5.41) is 12.9. The van der Waals surface area contributed by atoms with Crippen LogP contribution in [0.2, 0.25) is 0 Å². The molecule has 2 aliphatic rings. The highest BCUT2D eigenvalue weighted by atomic mass is 16.5. The number of hydrogen-bond acceptors (Lipinski definition) is 5. The van der Waals surface area contributed by atoms with E-state index in [9.17, 15) is 19.5 Å². The van der Waals surface area contributed by atoms with Crippen LogP contribution >= 0.6 is 0 Å². The third-order valence-corrected chi connectivity index (χ3v) is 6.61. The number of ether oxygens (including phenoxy) is 1. The van der Waals surface area contributed by atoms with E-state index in [2.05, 4.69) is 5.32 Å². The van der Waals surface area contributed by atoms with Crippen LogP contribution < -0.4 is 5.32 Å². The van der Waals surface area contributed by atoms with Crippen molar-refractivity contribution in [1.29, 1.82) is 0 Å². The van der Waals surface area contributed by atoms with Gasteiger partial charge in [-0.2, -0.15) is 0 Å². The lowest BCUT2D eigenvalue weighted by Gasteiger charge is -2.32. The Hall–Kier alpha value is -2.41. The van der Waals surface area contributed by atoms with Crippen molar-refractivity contribution in [3.05, 3.63) is 35.9 Å². The quantitative estimate of drug-likeness (QED) is 0.539. The molecule has 32 heavy (non-hydrogen) atoms. The number of amides is 1. The van der Waals surface area contributed by atoms with E-state index in [0.29, 0.717) is 25.9 Å². The van der Waals surface area contributed by atoms with Gasteiger partial charge in [0.1, 0.15) is 12.1 Å². The van der Waals surface area contributed by atoms with Gasteiger partial charge in [0.2, 0.25) is 5.91 Å². The monoisotopic (exact) mass is 444 g/mol. The van der Waals surface area contributed by atoms with Crippen molar-refractivity contribution in [3.63, 3.8) is 0 Å². The lowest BCUT2D eigenvalue weighted by Crippen LogP contribution is -2.55. The number of aliphatic carboxylic acids is 1. The lowest BCUT2D eigenvalue weighted by molar-refractivity contribution is -0.152. The second-order valence-corrected chi connectivity index (χ2v) is 9.58. The SMILES string of the molecule is CC(C)COC(=O)[C@H](CCc1ccccc1)N[C@@H](C)C(=O)N1[C@H](C(=O)O)C[C@@H]2CCC[C@@H]21. The summed E-state index contributed by atoms with van der Waals surface area (Å²) >= 11 is 0. The Morgan fingerprint density at radius 1 is 1.16 bits per heavy atom. The molecule has 7 nitrogen and oxygen atoms in total. The number of rotatable bonds is 10. The number of hydrogen-bond donors (Lipinski definition) is 2. The number of carbonyl (C=O) groups is 3. The number of fused-ring (bicyclic) bond motifs is 1. The van der Waals surface area contributed by atoms with Gasteiger partial charge in [0.15, 0.2) is 0 Å². The van der Waals surface area contributed by atoms with E-state index in [1.807, 2.05) is 44.2 Å². The first-order valence-corrected chi connectivity index (χ1v) is 11.8. The molecule has 0 radical (unpaired) electrons. The van der Waals surface area contributed by atoms with E-state index in [0.717, 1.165) is 24.8 Å². The number of esters is 1. The number of nitrogens with one attached hydrogen (secondary N) is 1. The Balaban J connectivity index is 1.69. The fraction of sp³-hybridized carbons (Fsp3) is 0.640. The Kier molecular flexibility index (Phi) is 8.29. The summed E-state index contributed by atoms with van der Waals surface area (Å²) < 4.78 is 5.47. The Morgan fingerprint density at radius 2 is 1.88 bits per heavy atom. The van der Waals surface area contributed by atoms with Crippen LogP contribution in [0.5, 0.6) is 0 Å². The minimum absolute atomic E-state index is 0.0106. The van der Waals surface area contributed by atoms with Crippen LogP contribution in [0.1, 0.15) is 58.4 Å². The van der Waals surface area contributed by atoms with Crippen LogP contribution in [-0.2, 0) is 25.5 Å². The summed E-state index contributed by atoms with van der Waals surface area (Å²) in [5.41, 5.74) is 1.11. The standard InChI is InChI=1S/C25H36N2O5/c1-16(2)15-32-25(31)20(13-12-18-8-5-4-6-9-18)26-17(3)23(28)27-21-11-7-10-19(21)14-22(27)24(29)30/h4-6,8-9,16-17,19-22,26H,7,10-15H2,1-3H3,(H,29,30)/t17-,19-,20-,21-,22-/m0/s1. The maximum absolute atomic E-state index is 13.3. The largest absolute Gasteiger partial charge is 0.480 e. The van der Waals surface area contributed by atoms with Gasteiger partial charge in [0, 0.05) is 6.04 Å². The molecule has 1 aromatic carbocycles. The molecule has 1 aliphatic heterocycles. The fourth-order valence-electron chi connectivity index (χ4n) is 5.00. The highest BCUT2D eigenvalue weighted by Gasteiger charge is 2.49. The van der Waals surface area contributed by atoms with Gasteiger partial charge in [-0.25, -0.2) is 4.79 Å². The summed E-state index contributed by atoms with van der Waals surface area (Å²) in [6.45, 7) is 5.99. The maximum Gasteiger partial charge on any atom is 0.326 e. The predicted molar refractivity (Wildman–Crippen MR) is 121 cm³/mol. The van der Waals surface area contributed by atoms with Crippen molar-refractivity contribution < 1.29 is 24.2 Å². The molecule has 0 bridgehead atoms. The molecule has 1 aliphatic carbocycles. The first kappa shape index (κ1) is 24.2. The van der Waals surface area contributed by atoms with Crippen LogP contribution in [0.4, 0.5) is 0 Å². The zero-order valence-electron chi connectivity index (χ0n) is 19.3. The molecule has 0 spiro atoms. The van der Waals surface area contributed by atoms with Crippen molar-refractivity contribution in [1.82, 2.24) is 10.2 Å². The number of carbonyl (C=O) groups excluding carboxylic acids is 2. The molecule has 1 saturated heterocycles. The zero-order valence-corrected chi connectivity index (χ0v) is 19.3. The van der Waals surface area contributed by atoms with Gasteiger partial charge in [0.25, 0.3) is 0 Å². The highest BCUT2D eigenvalue weighted by Crippen LogP contribution is 2.41. The van der Waals surface area contributed by atoms with Crippen LogP contribution in [0.25, 0.3) is 0 Å². The molecule has 0 aromatic heterocycles. The molecule has 5 atom stereocenters. The summed E-state index contributed by atoms with van der Waals surface area (Å²) in [6, 6.07) is 7.77. The second-order valence-electron chi connectivity index (χ2n) is 9.58. The van der Waals surface area contributed by atoms with Crippen molar-refractivity contribution in [2.75, 3.05) is 6.61 Å². The minimum atomic E-state index is -0.947. The van der Waals surface area contributed by atoms with Gasteiger partial charge in [-0.15, -0.1) is 0 Å². The number of benzene rings is 1. The Bertz CT molecular complexity index is 797. The third kappa shape index (κ3) is 5.88. The van der Waals surface area contributed by atoms with Gasteiger partial charge < -0.3 is 14.7 Å². The normalized spacial score (nSPS) is 24.2. The zero-order chi connectivity index (χ0) is 23.3. The first-order chi connectivity index (χ1) is 15.3. The third-order valence-electron chi connectivity index (χ3n) is 6.61. The predicted octanol–water partition coefficient (Wildman–Crippen LogP) is 3.02. The molecule has 1 amide bonds. The molecule has 1 heterocycles. The molecule has 2 fully saturated rings. The minimum Gasteiger partial charge on any atom is -0.480 e. The summed E-state index contributed by atoms with van der Waals surface area (Å²) in [7, 11) is 0. The first-order valence-electron chi connectivity index (χ1n) is 11.8. The summed E-state index contributed by atoms with van der Waals surface area (Å²) in [6.07, 6.45) is 4.53. The van der Waals surface area contributed by atoms with Crippen LogP contribution in [0, 0.1) is 11.8 Å².